The number of anilines is 1. The van der Waals surface area contributed by atoms with Gasteiger partial charge in [-0.25, -0.2) is 8.42 Å². The molecule has 146 valence electrons. The molecule has 2 atom stereocenters. The average molecular weight is 429 g/mol. The number of hydrogen-bond acceptors (Lipinski definition) is 3. The van der Waals surface area contributed by atoms with Crippen molar-refractivity contribution in [1.29, 1.82) is 0 Å². The molecule has 8 heteroatoms. The highest BCUT2D eigenvalue weighted by molar-refractivity contribution is 7.92. The first-order valence-corrected chi connectivity index (χ1v) is 11.0. The maximum absolute atomic E-state index is 12.9. The maximum Gasteiger partial charge on any atom is 0.244 e. The van der Waals surface area contributed by atoms with E-state index in [1.165, 1.54) is 18.2 Å². The number of carbonyl (C=O) groups is 1. The number of benzene rings is 2. The highest BCUT2D eigenvalue weighted by Gasteiger charge is 2.32. The van der Waals surface area contributed by atoms with Crippen LogP contribution in [0.15, 0.2) is 48.5 Å². The minimum atomic E-state index is -3.73. The molecule has 0 bridgehead atoms. The molecule has 0 aromatic heterocycles. The van der Waals surface area contributed by atoms with Gasteiger partial charge in [-0.3, -0.25) is 9.10 Å². The van der Waals surface area contributed by atoms with Crippen molar-refractivity contribution in [1.82, 2.24) is 5.32 Å². The van der Waals surface area contributed by atoms with Gasteiger partial charge in [-0.05, 0) is 37.1 Å². The Bertz CT molecular complexity index is 904. The van der Waals surface area contributed by atoms with Gasteiger partial charge in [0.2, 0.25) is 15.9 Å². The Morgan fingerprint density at radius 3 is 2.26 bits per heavy atom. The molecule has 1 amide bonds. The Kier molecular flexibility index (Phi) is 7.14. The summed E-state index contributed by atoms with van der Waals surface area (Å²) in [5.41, 5.74) is 1.22. The number of rotatable bonds is 7. The molecule has 0 saturated heterocycles. The van der Waals surface area contributed by atoms with E-state index < -0.39 is 16.1 Å². The van der Waals surface area contributed by atoms with Gasteiger partial charge in [-0.15, -0.1) is 0 Å². The molecule has 0 fully saturated rings. The minimum Gasteiger partial charge on any atom is -0.348 e. The fourth-order valence-corrected chi connectivity index (χ4v) is 4.31. The molecular formula is C19H22Cl2N2O3S. The van der Waals surface area contributed by atoms with Gasteiger partial charge in [-0.2, -0.15) is 0 Å². The number of amides is 1. The van der Waals surface area contributed by atoms with Gasteiger partial charge in [0, 0.05) is 0 Å². The third-order valence-electron chi connectivity index (χ3n) is 4.15. The summed E-state index contributed by atoms with van der Waals surface area (Å²) in [7, 11) is -3.73. The first kappa shape index (κ1) is 21.5. The zero-order valence-corrected chi connectivity index (χ0v) is 17.6. The van der Waals surface area contributed by atoms with Gasteiger partial charge in [0.05, 0.1) is 28.0 Å². The van der Waals surface area contributed by atoms with Gasteiger partial charge in [0.1, 0.15) is 6.04 Å². The molecule has 0 aliphatic heterocycles. The molecule has 2 aromatic carbocycles. The summed E-state index contributed by atoms with van der Waals surface area (Å²) >= 11 is 12.0. The van der Waals surface area contributed by atoms with E-state index in [1.807, 2.05) is 37.3 Å². The third kappa shape index (κ3) is 5.37. The van der Waals surface area contributed by atoms with Crippen molar-refractivity contribution in [3.63, 3.8) is 0 Å². The molecule has 0 heterocycles. The minimum absolute atomic E-state index is 0.218. The summed E-state index contributed by atoms with van der Waals surface area (Å²) in [6.45, 7) is 3.61. The lowest BCUT2D eigenvalue weighted by molar-refractivity contribution is -0.122. The summed E-state index contributed by atoms with van der Waals surface area (Å²) in [5, 5.41) is 3.42. The van der Waals surface area contributed by atoms with Crippen molar-refractivity contribution >= 4 is 44.8 Å². The molecule has 0 aliphatic carbocycles. The van der Waals surface area contributed by atoms with Crippen molar-refractivity contribution in [2.45, 2.75) is 32.4 Å². The SMILES string of the molecule is CC[C@H](C(=O)N[C@@H](C)c1ccccc1)N(c1ccc(Cl)c(Cl)c1)S(C)(=O)=O. The lowest BCUT2D eigenvalue weighted by Crippen LogP contribution is -2.49. The number of halogens is 2. The quantitative estimate of drug-likeness (QED) is 0.709. The molecule has 0 unspecified atom stereocenters. The topological polar surface area (TPSA) is 66.5 Å². The fraction of sp³-hybridized carbons (Fsp3) is 0.316. The van der Waals surface area contributed by atoms with Crippen molar-refractivity contribution < 1.29 is 13.2 Å². The van der Waals surface area contributed by atoms with E-state index in [2.05, 4.69) is 5.32 Å². The lowest BCUT2D eigenvalue weighted by atomic mass is 10.1. The van der Waals surface area contributed by atoms with Crippen molar-refractivity contribution in [2.75, 3.05) is 10.6 Å². The van der Waals surface area contributed by atoms with Crippen molar-refractivity contribution in [3.8, 4) is 0 Å². The number of hydrogen-bond donors (Lipinski definition) is 1. The second-order valence-corrected chi connectivity index (χ2v) is 8.90. The van der Waals surface area contributed by atoms with Crippen LogP contribution in [0.2, 0.25) is 10.0 Å². The smallest absolute Gasteiger partial charge is 0.244 e. The Balaban J connectivity index is 2.34. The number of nitrogens with one attached hydrogen (secondary N) is 1. The van der Waals surface area contributed by atoms with Crippen LogP contribution in [0.25, 0.3) is 0 Å². The van der Waals surface area contributed by atoms with Crippen LogP contribution < -0.4 is 9.62 Å². The van der Waals surface area contributed by atoms with E-state index >= 15 is 0 Å². The van der Waals surface area contributed by atoms with Crippen LogP contribution in [-0.4, -0.2) is 26.6 Å². The summed E-state index contributed by atoms with van der Waals surface area (Å²) in [6, 6.07) is 12.8. The lowest BCUT2D eigenvalue weighted by Gasteiger charge is -2.31. The van der Waals surface area contributed by atoms with Crippen LogP contribution in [-0.2, 0) is 14.8 Å². The van der Waals surface area contributed by atoms with Crippen molar-refractivity contribution in [3.05, 3.63) is 64.1 Å². The molecule has 0 saturated carbocycles. The Labute approximate surface area is 170 Å². The van der Waals surface area contributed by atoms with Crippen LogP contribution in [0.1, 0.15) is 31.9 Å². The largest absolute Gasteiger partial charge is 0.348 e. The molecule has 0 radical (unpaired) electrons. The van der Waals surface area contributed by atoms with Crippen LogP contribution in [0.4, 0.5) is 5.69 Å². The van der Waals surface area contributed by atoms with Gasteiger partial charge >= 0.3 is 0 Å². The molecule has 1 N–H and O–H groups in total. The van der Waals surface area contributed by atoms with Crippen LogP contribution >= 0.6 is 23.2 Å². The van der Waals surface area contributed by atoms with E-state index in [1.54, 1.807) is 6.92 Å². The van der Waals surface area contributed by atoms with E-state index in [-0.39, 0.29) is 17.0 Å². The molecule has 2 aromatic rings. The van der Waals surface area contributed by atoms with Gasteiger partial charge in [-0.1, -0.05) is 60.5 Å². The van der Waals surface area contributed by atoms with Crippen LogP contribution in [0, 0.1) is 0 Å². The fourth-order valence-electron chi connectivity index (χ4n) is 2.82. The number of carbonyl (C=O) groups excluding carboxylic acids is 1. The van der Waals surface area contributed by atoms with Gasteiger partial charge in [0.15, 0.2) is 0 Å². The first-order chi connectivity index (χ1) is 12.6. The van der Waals surface area contributed by atoms with E-state index in [0.717, 1.165) is 16.1 Å². The Morgan fingerprint density at radius 1 is 1.11 bits per heavy atom. The number of sulfonamides is 1. The molecule has 0 spiro atoms. The second-order valence-electron chi connectivity index (χ2n) is 6.22. The molecule has 2 rings (SSSR count). The second kappa shape index (κ2) is 8.95. The van der Waals surface area contributed by atoms with Crippen LogP contribution in [0.3, 0.4) is 0 Å². The summed E-state index contributed by atoms with van der Waals surface area (Å²) in [5.74, 6) is -0.384. The normalized spacial score (nSPS) is 13.7. The Hall–Kier alpha value is -1.76. The van der Waals surface area contributed by atoms with E-state index in [9.17, 15) is 13.2 Å². The van der Waals surface area contributed by atoms with Crippen LogP contribution in [0.5, 0.6) is 0 Å². The highest BCUT2D eigenvalue weighted by atomic mass is 35.5. The summed E-state index contributed by atoms with van der Waals surface area (Å²) in [4.78, 5) is 12.9. The summed E-state index contributed by atoms with van der Waals surface area (Å²) in [6.07, 6.45) is 1.35. The third-order valence-corrected chi connectivity index (χ3v) is 6.06. The monoisotopic (exact) mass is 428 g/mol. The predicted molar refractivity (Wildman–Crippen MR) is 111 cm³/mol. The maximum atomic E-state index is 12.9. The highest BCUT2D eigenvalue weighted by Crippen LogP contribution is 2.30. The predicted octanol–water partition coefficient (Wildman–Crippen LogP) is 4.42. The van der Waals surface area contributed by atoms with Gasteiger partial charge < -0.3 is 5.32 Å². The number of nitrogens with zero attached hydrogens (tertiary/aromatic N) is 1. The Morgan fingerprint density at radius 2 is 1.74 bits per heavy atom. The van der Waals surface area contributed by atoms with E-state index in [0.29, 0.717) is 17.1 Å². The van der Waals surface area contributed by atoms with Crippen molar-refractivity contribution in [2.24, 2.45) is 0 Å². The summed E-state index contributed by atoms with van der Waals surface area (Å²) < 4.78 is 26.0. The molecule has 27 heavy (non-hydrogen) atoms. The first-order valence-electron chi connectivity index (χ1n) is 8.45. The van der Waals surface area contributed by atoms with E-state index in [4.69, 9.17) is 23.2 Å². The molecule has 0 aliphatic rings. The average Bonchev–Trinajstić information content (AvgIpc) is 2.61. The molecule has 5 nitrogen and oxygen atoms in total. The zero-order valence-electron chi connectivity index (χ0n) is 15.3. The molecular weight excluding hydrogens is 407 g/mol. The zero-order chi connectivity index (χ0) is 20.2. The standard InChI is InChI=1S/C19H22Cl2N2O3S/c1-4-18(19(24)22-13(2)14-8-6-5-7-9-14)23(27(3,25)26)15-10-11-16(20)17(21)12-15/h5-13,18H,4H2,1-3H3,(H,22,24)/t13-,18+/m0/s1. The van der Waals surface area contributed by atoms with Gasteiger partial charge in [0.25, 0.3) is 0 Å².